The third kappa shape index (κ3) is 5.61. The molecule has 0 N–H and O–H groups in total. The van der Waals surface area contributed by atoms with Gasteiger partial charge in [0.2, 0.25) is 0 Å². The van der Waals surface area contributed by atoms with Gasteiger partial charge in [-0.2, -0.15) is 5.10 Å². The maximum Gasteiger partial charge on any atom is 0.327 e. The molecule has 180 valence electrons. The number of likely N-dealkylation sites (tertiary alicyclic amines) is 1. The van der Waals surface area contributed by atoms with Crippen LogP contribution in [0.25, 0.3) is 6.08 Å². The van der Waals surface area contributed by atoms with Gasteiger partial charge in [-0.25, -0.2) is 14.1 Å². The van der Waals surface area contributed by atoms with Crippen LogP contribution in [0, 0.1) is 11.7 Å². The van der Waals surface area contributed by atoms with Gasteiger partial charge in [-0.1, -0.05) is 30.0 Å². The second kappa shape index (κ2) is 10.6. The minimum Gasteiger partial charge on any atom is -0.468 e. The molecule has 10 heteroatoms. The number of Topliss-reactive ketones (excluding diaryl/α,β-unsaturated/α-hetero) is 1. The van der Waals surface area contributed by atoms with E-state index in [4.69, 9.17) is 4.74 Å². The Labute approximate surface area is 201 Å². The Kier molecular flexibility index (Phi) is 7.57. The summed E-state index contributed by atoms with van der Waals surface area (Å²) in [4.78, 5) is 43.2. The standard InChI is InChI=1S/C24H27FN4O4S/c1-15(30)34-20-9-10-28(12-17(20)11-21-26-14-27-29(21)13-22(31)33-2)23(24(32)16-7-8-16)18-5-3-4-6-19(18)25/h3-6,11,14,16,20,23H,7-10,12-13H2,1-2H3/b17-11-. The van der Waals surface area contributed by atoms with Crippen LogP contribution < -0.4 is 0 Å². The Morgan fingerprint density at radius 2 is 2.03 bits per heavy atom. The number of hydrogen-bond donors (Lipinski definition) is 0. The lowest BCUT2D eigenvalue weighted by molar-refractivity contribution is -0.141. The number of aromatic nitrogens is 3. The number of hydrogen-bond acceptors (Lipinski definition) is 8. The van der Waals surface area contributed by atoms with Crippen LogP contribution in [0.15, 0.2) is 36.2 Å². The normalized spacial score (nSPS) is 20.8. The van der Waals surface area contributed by atoms with Crippen molar-refractivity contribution in [3.05, 3.63) is 53.4 Å². The van der Waals surface area contributed by atoms with Crippen molar-refractivity contribution in [1.82, 2.24) is 19.7 Å². The molecule has 34 heavy (non-hydrogen) atoms. The Hall–Kier alpha value is -2.85. The highest BCUT2D eigenvalue weighted by Crippen LogP contribution is 2.40. The third-order valence-electron chi connectivity index (χ3n) is 6.07. The van der Waals surface area contributed by atoms with Crippen molar-refractivity contribution >= 4 is 34.7 Å². The van der Waals surface area contributed by atoms with E-state index in [1.54, 1.807) is 18.2 Å². The topological polar surface area (TPSA) is 94.4 Å². The van der Waals surface area contributed by atoms with Crippen LogP contribution in [0.4, 0.5) is 4.39 Å². The zero-order valence-electron chi connectivity index (χ0n) is 19.1. The van der Waals surface area contributed by atoms with Gasteiger partial charge in [0.25, 0.3) is 0 Å². The molecule has 4 rings (SSSR count). The molecular formula is C24H27FN4O4S. The van der Waals surface area contributed by atoms with Gasteiger partial charge in [-0.15, -0.1) is 0 Å². The van der Waals surface area contributed by atoms with Gasteiger partial charge in [0, 0.05) is 36.7 Å². The molecule has 1 aliphatic heterocycles. The summed E-state index contributed by atoms with van der Waals surface area (Å²) in [5.41, 5.74) is 1.25. The molecule has 2 aliphatic rings. The van der Waals surface area contributed by atoms with Crippen molar-refractivity contribution in [3.8, 4) is 0 Å². The molecule has 2 aromatic rings. The lowest BCUT2D eigenvalue weighted by atomic mass is 9.93. The fraction of sp³-hybridized carbons (Fsp3) is 0.458. The van der Waals surface area contributed by atoms with Crippen molar-refractivity contribution in [1.29, 1.82) is 0 Å². The first-order valence-electron chi connectivity index (χ1n) is 11.2. The van der Waals surface area contributed by atoms with Gasteiger partial charge in [0.05, 0.1) is 13.2 Å². The highest BCUT2D eigenvalue weighted by atomic mass is 32.2. The number of piperidine rings is 1. The van der Waals surface area contributed by atoms with Crippen LogP contribution in [0.5, 0.6) is 0 Å². The van der Waals surface area contributed by atoms with Gasteiger partial charge in [-0.05, 0) is 37.0 Å². The summed E-state index contributed by atoms with van der Waals surface area (Å²) in [5.74, 6) is -0.405. The monoisotopic (exact) mass is 486 g/mol. The Morgan fingerprint density at radius 3 is 2.71 bits per heavy atom. The number of rotatable bonds is 8. The summed E-state index contributed by atoms with van der Waals surface area (Å²) in [6.45, 7) is 2.34. The van der Waals surface area contributed by atoms with Crippen LogP contribution in [0.1, 0.15) is 43.6 Å². The lowest BCUT2D eigenvalue weighted by Crippen LogP contribution is -2.43. The van der Waals surface area contributed by atoms with E-state index in [1.165, 1.54) is 42.9 Å². The van der Waals surface area contributed by atoms with E-state index >= 15 is 0 Å². The fourth-order valence-corrected chi connectivity index (χ4v) is 5.17. The average molecular weight is 487 g/mol. The van der Waals surface area contributed by atoms with Gasteiger partial charge in [-0.3, -0.25) is 19.3 Å². The van der Waals surface area contributed by atoms with Crippen molar-refractivity contribution in [2.45, 2.75) is 44.0 Å². The first-order chi connectivity index (χ1) is 16.4. The number of ketones is 1. The zero-order valence-corrected chi connectivity index (χ0v) is 20.0. The van der Waals surface area contributed by atoms with E-state index in [1.807, 2.05) is 11.0 Å². The van der Waals surface area contributed by atoms with Crippen molar-refractivity contribution < 1.29 is 23.5 Å². The molecule has 2 atom stereocenters. The summed E-state index contributed by atoms with van der Waals surface area (Å²) < 4.78 is 20.9. The van der Waals surface area contributed by atoms with E-state index in [0.29, 0.717) is 30.9 Å². The van der Waals surface area contributed by atoms with Gasteiger partial charge < -0.3 is 4.74 Å². The second-order valence-electron chi connectivity index (χ2n) is 8.53. The van der Waals surface area contributed by atoms with Crippen LogP contribution >= 0.6 is 11.8 Å². The third-order valence-corrected chi connectivity index (χ3v) is 7.22. The maximum absolute atomic E-state index is 14.8. The zero-order chi connectivity index (χ0) is 24.2. The van der Waals surface area contributed by atoms with E-state index in [9.17, 15) is 18.8 Å². The molecule has 2 unspecified atom stereocenters. The van der Waals surface area contributed by atoms with Crippen molar-refractivity contribution in [2.75, 3.05) is 20.2 Å². The minimum absolute atomic E-state index is 0.0138. The molecule has 1 aliphatic carbocycles. The first kappa shape index (κ1) is 24.3. The predicted octanol–water partition coefficient (Wildman–Crippen LogP) is 3.05. The van der Waals surface area contributed by atoms with Crippen LogP contribution in [-0.2, 0) is 25.7 Å². The van der Waals surface area contributed by atoms with Gasteiger partial charge in [0.15, 0.2) is 16.7 Å². The molecule has 1 aromatic heterocycles. The molecule has 0 bridgehead atoms. The number of carbonyl (C=O) groups is 3. The molecule has 1 saturated carbocycles. The quantitative estimate of drug-likeness (QED) is 0.526. The first-order valence-corrected chi connectivity index (χ1v) is 12.1. The maximum atomic E-state index is 14.8. The second-order valence-corrected chi connectivity index (χ2v) is 9.91. The molecule has 2 heterocycles. The smallest absolute Gasteiger partial charge is 0.327 e. The lowest BCUT2D eigenvalue weighted by Gasteiger charge is -2.38. The summed E-state index contributed by atoms with van der Waals surface area (Å²) in [7, 11) is 1.30. The number of benzene rings is 1. The van der Waals surface area contributed by atoms with Crippen LogP contribution in [-0.4, -0.2) is 62.0 Å². The number of halogens is 1. The van der Waals surface area contributed by atoms with Crippen molar-refractivity contribution in [2.24, 2.45) is 5.92 Å². The van der Waals surface area contributed by atoms with Crippen molar-refractivity contribution in [3.63, 3.8) is 0 Å². The number of thioether (sulfide) groups is 1. The molecular weight excluding hydrogens is 459 g/mol. The molecule has 1 saturated heterocycles. The fourth-order valence-electron chi connectivity index (χ4n) is 4.26. The minimum atomic E-state index is -0.687. The molecule has 0 amide bonds. The average Bonchev–Trinajstić information content (AvgIpc) is 3.58. The molecule has 8 nitrogen and oxygen atoms in total. The Morgan fingerprint density at radius 1 is 1.26 bits per heavy atom. The molecule has 2 fully saturated rings. The highest BCUT2D eigenvalue weighted by molar-refractivity contribution is 8.14. The molecule has 0 spiro atoms. The molecule has 0 radical (unpaired) electrons. The largest absolute Gasteiger partial charge is 0.468 e. The number of nitrogens with zero attached hydrogens (tertiary/aromatic N) is 4. The summed E-state index contributed by atoms with van der Waals surface area (Å²) in [5, 5.41) is 3.97. The number of esters is 1. The highest BCUT2D eigenvalue weighted by Gasteiger charge is 2.41. The van der Waals surface area contributed by atoms with E-state index in [2.05, 4.69) is 10.1 Å². The summed E-state index contributed by atoms with van der Waals surface area (Å²) in [6, 6.07) is 5.73. The van der Waals surface area contributed by atoms with Gasteiger partial charge >= 0.3 is 5.97 Å². The summed E-state index contributed by atoms with van der Waals surface area (Å²) in [6.07, 6.45) is 5.44. The summed E-state index contributed by atoms with van der Waals surface area (Å²) >= 11 is 1.23. The van der Waals surface area contributed by atoms with Gasteiger partial charge in [0.1, 0.15) is 18.7 Å². The molecule has 1 aromatic carbocycles. The number of carbonyl (C=O) groups excluding carboxylic acids is 3. The van der Waals surface area contributed by atoms with E-state index in [0.717, 1.165) is 18.4 Å². The Balaban J connectivity index is 1.67. The van der Waals surface area contributed by atoms with Crippen LogP contribution in [0.3, 0.4) is 0 Å². The number of methoxy groups -OCH3 is 1. The SMILES string of the molecule is COC(=O)Cn1ncnc1/C=C1/CN(C(C(=O)C2CC2)c2ccccc2F)CCC1SC(C)=O. The Bertz CT molecular complexity index is 1110. The number of ether oxygens (including phenoxy) is 1. The van der Waals surface area contributed by atoms with Crippen LogP contribution in [0.2, 0.25) is 0 Å². The predicted molar refractivity (Wildman–Crippen MR) is 125 cm³/mol. The van der Waals surface area contributed by atoms with E-state index < -0.39 is 17.8 Å². The van der Waals surface area contributed by atoms with E-state index in [-0.39, 0.29) is 28.6 Å².